The number of anilines is 1. The zero-order valence-electron chi connectivity index (χ0n) is 10.4. The normalized spacial score (nSPS) is 27.1. The Hall–Kier alpha value is -1.16. The zero-order chi connectivity index (χ0) is 12.5. The summed E-state index contributed by atoms with van der Waals surface area (Å²) in [7, 11) is 0. The van der Waals surface area contributed by atoms with Gasteiger partial charge in [-0.05, 0) is 37.8 Å². The van der Waals surface area contributed by atoms with Gasteiger partial charge in [0.2, 0.25) is 0 Å². The van der Waals surface area contributed by atoms with Crippen molar-refractivity contribution in [2.24, 2.45) is 0 Å². The fraction of sp³-hybridized carbons (Fsp3) is 0.500. The van der Waals surface area contributed by atoms with Crippen LogP contribution in [0, 0.1) is 6.92 Å². The number of aryl methyl sites for hydroxylation is 1. The zero-order valence-corrected chi connectivity index (χ0v) is 11.3. The topological polar surface area (TPSA) is 38.3 Å². The largest absolute Gasteiger partial charge is 0.445 e. The minimum absolute atomic E-state index is 0.0662. The molecule has 1 fully saturated rings. The number of carbonyl (C=O) groups is 1. The van der Waals surface area contributed by atoms with Crippen LogP contribution in [0.3, 0.4) is 0 Å². The second-order valence-corrected chi connectivity index (χ2v) is 6.21. The number of hydrogen-bond donors (Lipinski definition) is 1. The second kappa shape index (κ2) is 4.84. The van der Waals surface area contributed by atoms with Crippen molar-refractivity contribution in [1.29, 1.82) is 0 Å². The number of thioether (sulfide) groups is 1. The molecule has 2 atom stereocenters. The van der Waals surface area contributed by atoms with E-state index in [1.54, 1.807) is 0 Å². The van der Waals surface area contributed by atoms with E-state index in [9.17, 15) is 4.79 Å². The van der Waals surface area contributed by atoms with Gasteiger partial charge in [0.05, 0.1) is 5.69 Å². The van der Waals surface area contributed by atoms with Crippen LogP contribution in [0.2, 0.25) is 0 Å². The van der Waals surface area contributed by atoms with Crippen LogP contribution in [-0.2, 0) is 4.74 Å². The molecule has 1 heterocycles. The maximum absolute atomic E-state index is 11.8. The van der Waals surface area contributed by atoms with Crippen molar-refractivity contribution >= 4 is 23.5 Å². The van der Waals surface area contributed by atoms with Crippen LogP contribution in [0.15, 0.2) is 23.1 Å². The predicted octanol–water partition coefficient (Wildman–Crippen LogP) is 3.96. The van der Waals surface area contributed by atoms with E-state index < -0.39 is 0 Å². The molecule has 3 rings (SSSR count). The lowest BCUT2D eigenvalue weighted by Gasteiger charge is -2.33. The number of ether oxygens (including phenoxy) is 1. The van der Waals surface area contributed by atoms with Crippen LogP contribution in [0.25, 0.3) is 0 Å². The summed E-state index contributed by atoms with van der Waals surface area (Å²) in [5.41, 5.74) is 2.11. The van der Waals surface area contributed by atoms with Gasteiger partial charge in [0.25, 0.3) is 0 Å². The number of amides is 1. The Labute approximate surface area is 111 Å². The molecule has 1 saturated carbocycles. The van der Waals surface area contributed by atoms with Gasteiger partial charge in [-0.2, -0.15) is 0 Å². The van der Waals surface area contributed by atoms with E-state index in [4.69, 9.17) is 4.74 Å². The Kier molecular flexibility index (Phi) is 3.20. The van der Waals surface area contributed by atoms with Crippen molar-refractivity contribution in [2.45, 2.75) is 48.9 Å². The summed E-state index contributed by atoms with van der Waals surface area (Å²) in [5, 5.41) is 3.26. The molecule has 2 aliphatic rings. The van der Waals surface area contributed by atoms with Gasteiger partial charge in [-0.25, -0.2) is 4.79 Å². The minimum atomic E-state index is -0.306. The summed E-state index contributed by atoms with van der Waals surface area (Å²) < 4.78 is 5.52. The van der Waals surface area contributed by atoms with E-state index >= 15 is 0 Å². The van der Waals surface area contributed by atoms with Crippen LogP contribution in [-0.4, -0.2) is 17.4 Å². The van der Waals surface area contributed by atoms with E-state index in [1.807, 2.05) is 23.9 Å². The molecule has 4 heteroatoms. The Balaban J connectivity index is 1.97. The number of benzene rings is 1. The molecule has 1 N–H and O–H groups in total. The first-order valence-electron chi connectivity index (χ1n) is 6.48. The van der Waals surface area contributed by atoms with Gasteiger partial charge in [-0.3, -0.25) is 5.32 Å². The van der Waals surface area contributed by atoms with E-state index in [-0.39, 0.29) is 12.2 Å². The van der Waals surface area contributed by atoms with Crippen molar-refractivity contribution in [3.8, 4) is 0 Å². The van der Waals surface area contributed by atoms with Crippen LogP contribution >= 0.6 is 11.8 Å². The molecule has 1 aromatic rings. The first-order valence-corrected chi connectivity index (χ1v) is 7.36. The summed E-state index contributed by atoms with van der Waals surface area (Å²) in [4.78, 5) is 13.0. The van der Waals surface area contributed by atoms with Crippen molar-refractivity contribution < 1.29 is 9.53 Å². The molecule has 96 valence electrons. The Morgan fingerprint density at radius 2 is 2.17 bits per heavy atom. The SMILES string of the molecule is Cc1cccc2c1S[C@H]1CCCC[C@@H]1OC(=O)N2. The predicted molar refractivity (Wildman–Crippen MR) is 73.2 cm³/mol. The quantitative estimate of drug-likeness (QED) is 0.770. The van der Waals surface area contributed by atoms with Crippen LogP contribution < -0.4 is 5.32 Å². The van der Waals surface area contributed by atoms with Crippen molar-refractivity contribution in [1.82, 2.24) is 0 Å². The third-order valence-corrected chi connectivity index (χ3v) is 5.24. The summed E-state index contributed by atoms with van der Waals surface area (Å²) in [5.74, 6) is 0. The lowest BCUT2D eigenvalue weighted by Crippen LogP contribution is -2.35. The van der Waals surface area contributed by atoms with E-state index in [1.165, 1.54) is 16.9 Å². The van der Waals surface area contributed by atoms with E-state index in [0.29, 0.717) is 5.25 Å². The molecular formula is C14H17NO2S. The van der Waals surface area contributed by atoms with E-state index in [2.05, 4.69) is 18.3 Å². The molecule has 1 aliphatic carbocycles. The monoisotopic (exact) mass is 263 g/mol. The highest BCUT2D eigenvalue weighted by atomic mass is 32.2. The summed E-state index contributed by atoms with van der Waals surface area (Å²) in [6.07, 6.45) is 4.29. The molecule has 0 saturated heterocycles. The molecule has 0 unspecified atom stereocenters. The van der Waals surface area contributed by atoms with Crippen LogP contribution in [0.1, 0.15) is 31.2 Å². The first-order chi connectivity index (χ1) is 8.74. The van der Waals surface area contributed by atoms with Crippen LogP contribution in [0.4, 0.5) is 10.5 Å². The summed E-state index contributed by atoms with van der Waals surface area (Å²) in [6, 6.07) is 6.01. The number of carbonyl (C=O) groups excluding carboxylic acids is 1. The average Bonchev–Trinajstić information content (AvgIpc) is 2.33. The molecule has 0 radical (unpaired) electrons. The lowest BCUT2D eigenvalue weighted by molar-refractivity contribution is 0.0901. The Bertz CT molecular complexity index is 475. The average molecular weight is 263 g/mol. The molecule has 3 nitrogen and oxygen atoms in total. The van der Waals surface area contributed by atoms with Gasteiger partial charge in [0.1, 0.15) is 6.10 Å². The fourth-order valence-electron chi connectivity index (χ4n) is 2.67. The van der Waals surface area contributed by atoms with Gasteiger partial charge in [-0.15, -0.1) is 11.8 Å². The molecule has 0 bridgehead atoms. The Morgan fingerprint density at radius 3 is 3.06 bits per heavy atom. The molecule has 0 aromatic heterocycles. The van der Waals surface area contributed by atoms with Gasteiger partial charge in [-0.1, -0.05) is 18.6 Å². The molecule has 0 spiro atoms. The number of rotatable bonds is 0. The first kappa shape index (κ1) is 11.9. The third-order valence-electron chi connectivity index (χ3n) is 3.62. The van der Waals surface area contributed by atoms with Gasteiger partial charge in [0, 0.05) is 10.1 Å². The highest BCUT2D eigenvalue weighted by Gasteiger charge is 2.32. The third kappa shape index (κ3) is 2.21. The standard InChI is InChI=1S/C14H17NO2S/c1-9-5-4-6-10-13(9)18-12-8-3-2-7-11(12)17-14(16)15-10/h4-6,11-12H,2-3,7-8H2,1H3,(H,15,16)/t11-,12-/m0/s1. The minimum Gasteiger partial charge on any atom is -0.445 e. The Morgan fingerprint density at radius 1 is 1.33 bits per heavy atom. The number of fused-ring (bicyclic) bond motifs is 2. The highest BCUT2D eigenvalue weighted by Crippen LogP contribution is 2.41. The number of hydrogen-bond acceptors (Lipinski definition) is 3. The van der Waals surface area contributed by atoms with Crippen LogP contribution in [0.5, 0.6) is 0 Å². The highest BCUT2D eigenvalue weighted by molar-refractivity contribution is 8.00. The second-order valence-electron chi connectivity index (χ2n) is 4.96. The number of nitrogens with one attached hydrogen (secondary N) is 1. The van der Waals surface area contributed by atoms with Gasteiger partial charge < -0.3 is 4.74 Å². The van der Waals surface area contributed by atoms with Gasteiger partial charge >= 0.3 is 6.09 Å². The van der Waals surface area contributed by atoms with Gasteiger partial charge in [0.15, 0.2) is 0 Å². The van der Waals surface area contributed by atoms with E-state index in [0.717, 1.165) is 24.9 Å². The maximum Gasteiger partial charge on any atom is 0.411 e. The fourth-order valence-corrected chi connectivity index (χ4v) is 4.10. The smallest absolute Gasteiger partial charge is 0.411 e. The summed E-state index contributed by atoms with van der Waals surface area (Å²) >= 11 is 1.86. The molecule has 1 aliphatic heterocycles. The van der Waals surface area contributed by atoms with Crippen molar-refractivity contribution in [2.75, 3.05) is 5.32 Å². The summed E-state index contributed by atoms with van der Waals surface area (Å²) in [6.45, 7) is 2.10. The molecule has 18 heavy (non-hydrogen) atoms. The molecular weight excluding hydrogens is 246 g/mol. The molecule has 1 amide bonds. The van der Waals surface area contributed by atoms with Crippen molar-refractivity contribution in [3.05, 3.63) is 23.8 Å². The maximum atomic E-state index is 11.8. The molecule has 1 aromatic carbocycles. The lowest BCUT2D eigenvalue weighted by atomic mass is 9.97. The van der Waals surface area contributed by atoms with Crippen molar-refractivity contribution in [3.63, 3.8) is 0 Å².